The fraction of sp³-hybridized carbons (Fsp3) is 0.400. The van der Waals surface area contributed by atoms with Crippen molar-refractivity contribution in [3.05, 3.63) is 12.7 Å². The van der Waals surface area contributed by atoms with Crippen molar-refractivity contribution in [2.75, 3.05) is 6.54 Å². The van der Waals surface area contributed by atoms with E-state index >= 15 is 0 Å². The van der Waals surface area contributed by atoms with E-state index in [0.717, 1.165) is 6.42 Å². The number of halogens is 1. The van der Waals surface area contributed by atoms with Crippen molar-refractivity contribution in [3.63, 3.8) is 0 Å². The van der Waals surface area contributed by atoms with Crippen molar-refractivity contribution in [2.24, 2.45) is 0 Å². The van der Waals surface area contributed by atoms with Gasteiger partial charge in [-0.1, -0.05) is 6.08 Å². The zero-order chi connectivity index (χ0) is 6.41. The van der Waals surface area contributed by atoms with E-state index in [4.69, 9.17) is 11.6 Å². The zero-order valence-electron chi connectivity index (χ0n) is 4.48. The van der Waals surface area contributed by atoms with Gasteiger partial charge in [0.05, 0.1) is 0 Å². The minimum absolute atomic E-state index is 0.508. The molecule has 1 N–H and O–H groups in total. The van der Waals surface area contributed by atoms with E-state index in [-0.39, 0.29) is 0 Å². The molecule has 0 bridgehead atoms. The van der Waals surface area contributed by atoms with Gasteiger partial charge >= 0.3 is 5.37 Å². The molecule has 8 heavy (non-hydrogen) atoms. The Morgan fingerprint density at radius 1 is 1.88 bits per heavy atom. The summed E-state index contributed by atoms with van der Waals surface area (Å²) in [6, 6.07) is 0. The van der Waals surface area contributed by atoms with E-state index in [1.807, 2.05) is 0 Å². The van der Waals surface area contributed by atoms with Gasteiger partial charge in [-0.3, -0.25) is 4.79 Å². The summed E-state index contributed by atoms with van der Waals surface area (Å²) in [5.41, 5.74) is 0. The van der Waals surface area contributed by atoms with Crippen LogP contribution in [-0.2, 0) is 0 Å². The maximum Gasteiger partial charge on any atom is 0.313 e. The Hall–Kier alpha value is -0.500. The molecule has 0 radical (unpaired) electrons. The van der Waals surface area contributed by atoms with Gasteiger partial charge in [-0.2, -0.15) is 0 Å². The highest BCUT2D eigenvalue weighted by Crippen LogP contribution is 1.79. The van der Waals surface area contributed by atoms with Gasteiger partial charge in [0, 0.05) is 6.54 Å². The van der Waals surface area contributed by atoms with Crippen LogP contribution < -0.4 is 5.32 Å². The molecule has 46 valence electrons. The quantitative estimate of drug-likeness (QED) is 0.269. The number of nitrogens with one attached hydrogen (secondary N) is 1. The Morgan fingerprint density at radius 3 is 2.88 bits per heavy atom. The third kappa shape index (κ3) is 5.50. The zero-order valence-corrected chi connectivity index (χ0v) is 5.24. The van der Waals surface area contributed by atoms with Gasteiger partial charge in [-0.05, 0) is 18.0 Å². The summed E-state index contributed by atoms with van der Waals surface area (Å²) in [6.45, 7) is 4.04. The molecule has 1 amide bonds. The lowest BCUT2D eigenvalue weighted by atomic mass is 10.4. The lowest BCUT2D eigenvalue weighted by Crippen LogP contribution is -2.16. The highest BCUT2D eigenvalue weighted by Gasteiger charge is 1.87. The molecule has 0 unspecified atom stereocenters. The van der Waals surface area contributed by atoms with Crippen molar-refractivity contribution in [2.45, 2.75) is 6.42 Å². The van der Waals surface area contributed by atoms with Crippen LogP contribution in [0.25, 0.3) is 0 Å². The first-order chi connectivity index (χ1) is 3.77. The molecule has 0 rings (SSSR count). The lowest BCUT2D eigenvalue weighted by molar-refractivity contribution is 0.260. The van der Waals surface area contributed by atoms with E-state index in [1.54, 1.807) is 6.08 Å². The molecule has 0 aliphatic rings. The SMILES string of the molecule is C=CCCNC(=O)Cl. The summed E-state index contributed by atoms with van der Waals surface area (Å²) >= 11 is 4.93. The van der Waals surface area contributed by atoms with Crippen LogP contribution in [-0.4, -0.2) is 11.9 Å². The van der Waals surface area contributed by atoms with Crippen molar-refractivity contribution >= 4 is 17.0 Å². The van der Waals surface area contributed by atoms with Crippen LogP contribution in [0.1, 0.15) is 6.42 Å². The highest BCUT2D eigenvalue weighted by atomic mass is 35.5. The first kappa shape index (κ1) is 7.50. The van der Waals surface area contributed by atoms with Crippen LogP contribution in [0.3, 0.4) is 0 Å². The topological polar surface area (TPSA) is 29.1 Å². The van der Waals surface area contributed by atoms with Gasteiger partial charge in [-0.25, -0.2) is 0 Å². The minimum atomic E-state index is -0.508. The predicted octanol–water partition coefficient (Wildman–Crippen LogP) is 1.51. The fourth-order valence-electron chi connectivity index (χ4n) is 0.273. The van der Waals surface area contributed by atoms with Gasteiger partial charge in [0.15, 0.2) is 0 Å². The molecule has 0 saturated heterocycles. The van der Waals surface area contributed by atoms with Crippen molar-refractivity contribution < 1.29 is 4.79 Å². The number of hydrogen-bond donors (Lipinski definition) is 1. The average molecular weight is 134 g/mol. The average Bonchev–Trinajstić information content (AvgIpc) is 1.66. The van der Waals surface area contributed by atoms with Crippen LogP contribution in [0.2, 0.25) is 0 Å². The molecule has 0 aromatic carbocycles. The van der Waals surface area contributed by atoms with Crippen molar-refractivity contribution in [3.8, 4) is 0 Å². The largest absolute Gasteiger partial charge is 0.342 e. The number of carbonyl (C=O) groups excluding carboxylic acids is 1. The van der Waals surface area contributed by atoms with Crippen LogP contribution in [0.5, 0.6) is 0 Å². The maximum absolute atomic E-state index is 9.94. The molecule has 0 aliphatic carbocycles. The summed E-state index contributed by atoms with van der Waals surface area (Å²) in [7, 11) is 0. The lowest BCUT2D eigenvalue weighted by Gasteiger charge is -1.92. The Morgan fingerprint density at radius 2 is 2.50 bits per heavy atom. The monoisotopic (exact) mass is 133 g/mol. The number of rotatable bonds is 3. The van der Waals surface area contributed by atoms with Crippen LogP contribution in [0.4, 0.5) is 4.79 Å². The highest BCUT2D eigenvalue weighted by molar-refractivity contribution is 6.62. The van der Waals surface area contributed by atoms with Crippen LogP contribution in [0, 0.1) is 0 Å². The molecule has 0 saturated carbocycles. The van der Waals surface area contributed by atoms with Gasteiger partial charge < -0.3 is 5.32 Å². The molecular weight excluding hydrogens is 126 g/mol. The molecule has 0 fully saturated rings. The first-order valence-electron chi connectivity index (χ1n) is 2.31. The Labute approximate surface area is 53.5 Å². The summed E-state index contributed by atoms with van der Waals surface area (Å²) < 4.78 is 0. The summed E-state index contributed by atoms with van der Waals surface area (Å²) in [6.07, 6.45) is 2.48. The summed E-state index contributed by atoms with van der Waals surface area (Å²) in [5, 5.41) is 1.89. The molecule has 0 atom stereocenters. The number of hydrogen-bond acceptors (Lipinski definition) is 1. The third-order valence-electron chi connectivity index (χ3n) is 0.612. The smallest absolute Gasteiger partial charge is 0.313 e. The molecule has 0 aromatic rings. The summed E-state index contributed by atoms with van der Waals surface area (Å²) in [5.74, 6) is 0. The Balaban J connectivity index is 2.93. The first-order valence-corrected chi connectivity index (χ1v) is 2.69. The minimum Gasteiger partial charge on any atom is -0.342 e. The molecule has 0 heterocycles. The van der Waals surface area contributed by atoms with E-state index in [1.165, 1.54) is 0 Å². The van der Waals surface area contributed by atoms with Crippen LogP contribution in [0.15, 0.2) is 12.7 Å². The Kier molecular flexibility index (Phi) is 4.36. The Bertz CT molecular complexity index is 92.4. The van der Waals surface area contributed by atoms with Gasteiger partial charge in [-0.15, -0.1) is 6.58 Å². The van der Waals surface area contributed by atoms with Crippen molar-refractivity contribution in [1.29, 1.82) is 0 Å². The fourth-order valence-corrected chi connectivity index (χ4v) is 0.367. The molecule has 0 spiro atoms. The normalized spacial score (nSPS) is 8.12. The van der Waals surface area contributed by atoms with Crippen LogP contribution >= 0.6 is 11.6 Å². The number of carbonyl (C=O) groups is 1. The molecule has 0 aromatic heterocycles. The van der Waals surface area contributed by atoms with E-state index in [0.29, 0.717) is 6.54 Å². The molecular formula is C5H8ClNO. The van der Waals surface area contributed by atoms with Gasteiger partial charge in [0.2, 0.25) is 0 Å². The maximum atomic E-state index is 9.94. The van der Waals surface area contributed by atoms with Gasteiger partial charge in [0.25, 0.3) is 0 Å². The van der Waals surface area contributed by atoms with E-state index in [9.17, 15) is 4.79 Å². The molecule has 0 aliphatic heterocycles. The van der Waals surface area contributed by atoms with Crippen molar-refractivity contribution in [1.82, 2.24) is 5.32 Å². The van der Waals surface area contributed by atoms with Gasteiger partial charge in [0.1, 0.15) is 0 Å². The second-order valence-corrected chi connectivity index (χ2v) is 1.62. The second kappa shape index (κ2) is 4.65. The number of amides is 1. The van der Waals surface area contributed by atoms with E-state index in [2.05, 4.69) is 11.9 Å². The second-order valence-electron chi connectivity index (χ2n) is 1.28. The predicted molar refractivity (Wildman–Crippen MR) is 34.1 cm³/mol. The summed E-state index contributed by atoms with van der Waals surface area (Å²) in [4.78, 5) is 9.94. The standard InChI is InChI=1S/C5H8ClNO/c1-2-3-4-7-5(6)8/h2H,1,3-4H2,(H,7,8). The molecule has 3 heteroatoms. The third-order valence-corrected chi connectivity index (χ3v) is 0.746. The molecule has 2 nitrogen and oxygen atoms in total. The van der Waals surface area contributed by atoms with E-state index < -0.39 is 5.37 Å².